The Morgan fingerprint density at radius 3 is 2.77 bits per heavy atom. The van der Waals surface area contributed by atoms with E-state index < -0.39 is 0 Å². The Kier molecular flexibility index (Phi) is 2.80. The number of fused-ring (bicyclic) bond motifs is 1. The maximum atomic E-state index is 5.67. The van der Waals surface area contributed by atoms with Crippen LogP contribution in [-0.4, -0.2) is 56.0 Å². The molecule has 4 radical (unpaired) electrons. The van der Waals surface area contributed by atoms with Crippen molar-refractivity contribution in [2.75, 3.05) is 0 Å². The molecule has 0 N–H and O–H groups in total. The van der Waals surface area contributed by atoms with Crippen LogP contribution in [0.4, 0.5) is 0 Å². The fourth-order valence-electron chi connectivity index (χ4n) is 1.35. The monoisotopic (exact) mass is 152 g/mol. The molecule has 0 saturated heterocycles. The quantitative estimate of drug-likeness (QED) is 0.387. The van der Waals surface area contributed by atoms with Crippen molar-refractivity contribution in [1.82, 2.24) is 0 Å². The van der Waals surface area contributed by atoms with Crippen molar-refractivity contribution in [3.63, 3.8) is 0 Å². The van der Waals surface area contributed by atoms with E-state index >= 15 is 0 Å². The zero-order valence-corrected chi connectivity index (χ0v) is 7.03. The Hall–Kier alpha value is -0.201. The van der Waals surface area contributed by atoms with Gasteiger partial charge in [-0.25, -0.2) is 0 Å². The average Bonchev–Trinajstić information content (AvgIpc) is 2.44. The van der Waals surface area contributed by atoms with E-state index in [9.17, 15) is 0 Å². The van der Waals surface area contributed by atoms with Crippen molar-refractivity contribution >= 4 is 77.9 Å². The molecular weight excluding hydrogens is 151 g/mol. The molecule has 0 atom stereocenters. The van der Waals surface area contributed by atoms with Gasteiger partial charge in [-0.1, -0.05) is 0 Å². The minimum absolute atomic E-state index is 0.405. The van der Waals surface area contributed by atoms with Crippen LogP contribution in [0.3, 0.4) is 0 Å². The molecule has 0 aromatic carbocycles. The first-order valence-electron chi connectivity index (χ1n) is 3.98. The van der Waals surface area contributed by atoms with Gasteiger partial charge in [0.15, 0.2) is 0 Å². The van der Waals surface area contributed by atoms with Gasteiger partial charge in [0.2, 0.25) is 0 Å². The summed E-state index contributed by atoms with van der Waals surface area (Å²) in [4.78, 5) is 0. The molecule has 0 bridgehead atoms. The van der Waals surface area contributed by atoms with Gasteiger partial charge in [-0.3, -0.25) is 0 Å². The predicted octanol–water partition coefficient (Wildman–Crippen LogP) is -3.39. The number of hydrogen-bond acceptors (Lipinski definition) is 1. The summed E-state index contributed by atoms with van der Waals surface area (Å²) in [6.45, 7) is 10.9. The Morgan fingerprint density at radius 1 is 1.23 bits per heavy atom. The third-order valence-electron chi connectivity index (χ3n) is 1.93. The van der Waals surface area contributed by atoms with Crippen molar-refractivity contribution < 1.29 is 4.42 Å². The molecular formula is C4B8O. The third-order valence-corrected chi connectivity index (χ3v) is 1.93. The molecule has 0 fully saturated rings. The summed E-state index contributed by atoms with van der Waals surface area (Å²) >= 11 is 0. The van der Waals surface area contributed by atoms with Crippen molar-refractivity contribution in [1.29, 1.82) is 0 Å². The van der Waals surface area contributed by atoms with E-state index in [1.54, 1.807) is 6.80 Å². The molecule has 0 amide bonds. The van der Waals surface area contributed by atoms with E-state index in [4.69, 9.17) is 20.0 Å². The van der Waals surface area contributed by atoms with Gasteiger partial charge in [0.25, 0.3) is 0 Å². The molecule has 0 spiro atoms. The average molecular weight is 151 g/mol. The molecule has 2 heterocycles. The normalized spacial score (nSPS) is 8.92. The van der Waals surface area contributed by atoms with Crippen molar-refractivity contribution in [3.8, 4) is 0 Å². The molecule has 2 aromatic rings. The van der Waals surface area contributed by atoms with E-state index in [-0.39, 0.29) is 0 Å². The Morgan fingerprint density at radius 2 is 2.00 bits per heavy atom. The predicted molar refractivity (Wildman–Crippen MR) is 63.9 cm³/mol. The van der Waals surface area contributed by atoms with Crippen LogP contribution in [0.2, 0.25) is 0 Å². The number of furan rings is 1. The van der Waals surface area contributed by atoms with Gasteiger partial charge in [0.1, 0.15) is 0 Å². The van der Waals surface area contributed by atoms with Crippen LogP contribution in [0.25, 0.3) is 10.8 Å². The molecule has 0 aliphatic heterocycles. The zero-order chi connectivity index (χ0) is 9.26. The third kappa shape index (κ3) is 1.70. The van der Waals surface area contributed by atoms with Gasteiger partial charge in [0, 0.05) is 0 Å². The fourth-order valence-corrected chi connectivity index (χ4v) is 1.35. The van der Waals surface area contributed by atoms with Crippen molar-refractivity contribution in [3.05, 3.63) is 0 Å². The van der Waals surface area contributed by atoms with Crippen molar-refractivity contribution in [2.45, 2.75) is 0 Å². The van der Waals surface area contributed by atoms with E-state index in [0.717, 1.165) is 16.2 Å². The van der Waals surface area contributed by atoms with Crippen LogP contribution in [-0.2, 0) is 0 Å². The number of hydrogen-bond donors (Lipinski definition) is 0. The first-order chi connectivity index (χ1) is 6.33. The number of rotatable bonds is 1. The van der Waals surface area contributed by atoms with Crippen LogP contribution in [0.1, 0.15) is 0 Å². The molecule has 46 valence electrons. The SMILES string of the molecule is [B]B=Bc1c([B])oc2bbbbc12. The minimum atomic E-state index is 0.405. The van der Waals surface area contributed by atoms with Gasteiger partial charge >= 0.3 is 82.3 Å². The Labute approximate surface area is 82.8 Å². The summed E-state index contributed by atoms with van der Waals surface area (Å²) in [5.41, 5.74) is 2.04. The van der Waals surface area contributed by atoms with E-state index in [1.807, 2.05) is 27.0 Å². The standard InChI is InChI=1S/C4B8O/c5-3-1(7-10-6)2-4(13-3)9-12-11-8-2. The molecule has 0 unspecified atom stereocenters. The molecule has 0 aliphatic rings. The molecule has 1 nitrogen and oxygen atoms in total. The summed E-state index contributed by atoms with van der Waals surface area (Å²) in [5.74, 6) is 0. The van der Waals surface area contributed by atoms with Gasteiger partial charge in [-0.05, 0) is 0 Å². The molecule has 9 heteroatoms. The first-order valence-corrected chi connectivity index (χ1v) is 3.98. The van der Waals surface area contributed by atoms with E-state index in [2.05, 4.69) is 0 Å². The summed E-state index contributed by atoms with van der Waals surface area (Å²) in [7, 11) is 11.0. The topological polar surface area (TPSA) is 13.1 Å². The first kappa shape index (κ1) is 9.36. The molecule has 13 heavy (non-hydrogen) atoms. The maximum absolute atomic E-state index is 5.67. The molecule has 0 saturated carbocycles. The van der Waals surface area contributed by atoms with Crippen LogP contribution in [0.5, 0.6) is 0 Å². The van der Waals surface area contributed by atoms with Gasteiger partial charge in [-0.2, -0.15) is 0 Å². The fraction of sp³-hybridized carbons (Fsp3) is 0. The van der Waals surface area contributed by atoms with Crippen LogP contribution in [0.15, 0.2) is 4.42 Å². The summed E-state index contributed by atoms with van der Waals surface area (Å²) in [6, 6.07) is 0. The molecule has 2 aromatic heterocycles. The van der Waals surface area contributed by atoms with E-state index in [0.29, 0.717) is 5.66 Å². The van der Waals surface area contributed by atoms with Crippen molar-refractivity contribution in [2.24, 2.45) is 0 Å². The van der Waals surface area contributed by atoms with Crippen LogP contribution < -0.4 is 11.1 Å². The second-order valence-corrected chi connectivity index (χ2v) is 2.74. The Bertz CT molecular complexity index is 460. The Balaban J connectivity index is 2.78. The summed E-state index contributed by atoms with van der Waals surface area (Å²) in [6.07, 6.45) is 0. The summed E-state index contributed by atoms with van der Waals surface area (Å²) < 4.78 is 5.32. The second kappa shape index (κ2) is 3.89. The van der Waals surface area contributed by atoms with Gasteiger partial charge < -0.3 is 0 Å². The summed E-state index contributed by atoms with van der Waals surface area (Å²) in [5, 5.41) is 0.988. The van der Waals surface area contributed by atoms with E-state index in [1.165, 1.54) is 6.69 Å². The molecule has 0 aliphatic carbocycles. The second-order valence-electron chi connectivity index (χ2n) is 2.74. The van der Waals surface area contributed by atoms with Gasteiger partial charge in [0.05, 0.1) is 0 Å². The zero-order valence-electron chi connectivity index (χ0n) is 7.03. The van der Waals surface area contributed by atoms with Gasteiger partial charge in [-0.15, -0.1) is 0 Å². The van der Waals surface area contributed by atoms with Crippen LogP contribution in [0, 0.1) is 0 Å². The van der Waals surface area contributed by atoms with Crippen LogP contribution >= 0.6 is 0 Å². The molecule has 2 rings (SSSR count).